The number of rotatable bonds is 8. The van der Waals surface area contributed by atoms with Gasteiger partial charge in [0, 0.05) is 22.6 Å². The number of aryl methyl sites for hydroxylation is 2. The highest BCUT2D eigenvalue weighted by atomic mass is 16.5. The van der Waals surface area contributed by atoms with Crippen LogP contribution in [-0.4, -0.2) is 33.0 Å². The van der Waals surface area contributed by atoms with E-state index >= 15 is 0 Å². The SMILES string of the molecule is Cc1noc(C)c1-c1n[nH]c2ccc(-c3cc(OC[C@@H](N)Cc4ccccc4)cnc3-c3ccoc3)cc12. The molecule has 0 fully saturated rings. The molecule has 0 bridgehead atoms. The summed E-state index contributed by atoms with van der Waals surface area (Å²) in [5, 5.41) is 12.8. The first-order chi connectivity index (χ1) is 18.6. The van der Waals surface area contributed by atoms with Gasteiger partial charge in [-0.05, 0) is 55.7 Å². The number of pyridine rings is 1. The lowest BCUT2D eigenvalue weighted by Gasteiger charge is -2.15. The molecule has 6 aromatic rings. The summed E-state index contributed by atoms with van der Waals surface area (Å²) in [4.78, 5) is 4.75. The molecule has 6 rings (SSSR count). The molecule has 0 amide bonds. The van der Waals surface area contributed by atoms with Gasteiger partial charge in [-0.2, -0.15) is 5.10 Å². The largest absolute Gasteiger partial charge is 0.490 e. The molecule has 4 aromatic heterocycles. The lowest BCUT2D eigenvalue weighted by atomic mass is 9.97. The summed E-state index contributed by atoms with van der Waals surface area (Å²) in [6.45, 7) is 4.18. The molecule has 0 aliphatic carbocycles. The van der Waals surface area contributed by atoms with Crippen LogP contribution in [0.3, 0.4) is 0 Å². The van der Waals surface area contributed by atoms with Gasteiger partial charge in [-0.3, -0.25) is 10.1 Å². The van der Waals surface area contributed by atoms with Crippen molar-refractivity contribution in [3.8, 4) is 39.4 Å². The minimum atomic E-state index is -0.144. The van der Waals surface area contributed by atoms with Crippen LogP contribution in [0.5, 0.6) is 5.75 Å². The number of nitrogens with two attached hydrogens (primary N) is 1. The van der Waals surface area contributed by atoms with Crippen molar-refractivity contribution >= 4 is 10.9 Å². The van der Waals surface area contributed by atoms with Crippen molar-refractivity contribution < 1.29 is 13.7 Å². The molecule has 3 N–H and O–H groups in total. The van der Waals surface area contributed by atoms with Crippen molar-refractivity contribution in [3.63, 3.8) is 0 Å². The standard InChI is InChI=1S/C30H27N5O3/c1-18-28(19(2)38-35-18)30-26-13-21(8-9-27(26)33-34-30)25-14-24(15-32-29(25)22-10-11-36-16-22)37-17-23(31)12-20-6-4-3-5-7-20/h3-11,13-16,23H,12,17,31H2,1-2H3,(H,33,34)/t23-/m0/s1. The van der Waals surface area contributed by atoms with Gasteiger partial charge in [0.05, 0.1) is 41.2 Å². The van der Waals surface area contributed by atoms with E-state index in [-0.39, 0.29) is 6.04 Å². The number of benzene rings is 2. The zero-order chi connectivity index (χ0) is 26.1. The molecule has 38 heavy (non-hydrogen) atoms. The van der Waals surface area contributed by atoms with E-state index in [1.807, 2.05) is 56.3 Å². The molecule has 0 aliphatic heterocycles. The van der Waals surface area contributed by atoms with E-state index in [0.29, 0.717) is 12.4 Å². The Bertz CT molecular complexity index is 1670. The Kier molecular flexibility index (Phi) is 6.23. The quantitative estimate of drug-likeness (QED) is 0.256. The summed E-state index contributed by atoms with van der Waals surface area (Å²) in [5.74, 6) is 1.37. The third-order valence-corrected chi connectivity index (χ3v) is 6.61. The number of nitrogens with zero attached hydrogens (tertiary/aromatic N) is 3. The maximum Gasteiger partial charge on any atom is 0.143 e. The normalized spacial score (nSPS) is 12.2. The second-order valence-corrected chi connectivity index (χ2v) is 9.37. The lowest BCUT2D eigenvalue weighted by Crippen LogP contribution is -2.30. The summed E-state index contributed by atoms with van der Waals surface area (Å²) in [5.41, 5.74) is 14.5. The molecule has 4 heterocycles. The first-order valence-electron chi connectivity index (χ1n) is 12.4. The summed E-state index contributed by atoms with van der Waals surface area (Å²) < 4.78 is 16.9. The highest BCUT2D eigenvalue weighted by Gasteiger charge is 2.19. The number of H-pyrrole nitrogens is 1. The van der Waals surface area contributed by atoms with Crippen LogP contribution in [0, 0.1) is 13.8 Å². The van der Waals surface area contributed by atoms with E-state index in [1.165, 1.54) is 5.56 Å². The molecule has 0 aliphatic rings. The number of nitrogens with one attached hydrogen (secondary N) is 1. The number of aromatic amines is 1. The van der Waals surface area contributed by atoms with Crippen molar-refractivity contribution in [1.82, 2.24) is 20.3 Å². The van der Waals surface area contributed by atoms with Gasteiger partial charge < -0.3 is 19.4 Å². The Morgan fingerprint density at radius 2 is 1.87 bits per heavy atom. The summed E-state index contributed by atoms with van der Waals surface area (Å²) in [6.07, 6.45) is 5.79. The summed E-state index contributed by atoms with van der Waals surface area (Å²) in [7, 11) is 0. The van der Waals surface area contributed by atoms with Crippen molar-refractivity contribution in [2.75, 3.05) is 6.61 Å². The van der Waals surface area contributed by atoms with Gasteiger partial charge in [0.2, 0.25) is 0 Å². The predicted molar refractivity (Wildman–Crippen MR) is 146 cm³/mol. The number of aromatic nitrogens is 4. The third kappa shape index (κ3) is 4.57. The Labute approximate surface area is 219 Å². The van der Waals surface area contributed by atoms with Crippen molar-refractivity contribution in [3.05, 3.63) is 96.4 Å². The van der Waals surface area contributed by atoms with E-state index in [1.54, 1.807) is 18.7 Å². The van der Waals surface area contributed by atoms with Gasteiger partial charge in [0.25, 0.3) is 0 Å². The molecule has 1 atom stereocenters. The number of furan rings is 1. The number of fused-ring (bicyclic) bond motifs is 1. The van der Waals surface area contributed by atoms with Gasteiger partial charge in [-0.25, -0.2) is 0 Å². The van der Waals surface area contributed by atoms with Crippen molar-refractivity contribution in [1.29, 1.82) is 0 Å². The smallest absolute Gasteiger partial charge is 0.143 e. The van der Waals surface area contributed by atoms with E-state index in [0.717, 1.165) is 62.4 Å². The van der Waals surface area contributed by atoms with E-state index in [9.17, 15) is 0 Å². The molecule has 2 aromatic carbocycles. The molecule has 0 saturated carbocycles. The predicted octanol–water partition coefficient (Wildman–Crippen LogP) is 6.11. The average Bonchev–Trinajstić information content (AvgIpc) is 3.68. The van der Waals surface area contributed by atoms with Crippen LogP contribution in [0.15, 0.2) is 88.3 Å². The monoisotopic (exact) mass is 505 g/mol. The fourth-order valence-corrected chi connectivity index (χ4v) is 4.75. The lowest BCUT2D eigenvalue weighted by molar-refractivity contribution is 0.287. The highest BCUT2D eigenvalue weighted by molar-refractivity contribution is 5.97. The highest BCUT2D eigenvalue weighted by Crippen LogP contribution is 2.37. The number of hydrogen-bond acceptors (Lipinski definition) is 7. The Balaban J connectivity index is 1.36. The van der Waals surface area contributed by atoms with E-state index in [4.69, 9.17) is 24.4 Å². The average molecular weight is 506 g/mol. The van der Waals surface area contributed by atoms with Crippen LogP contribution in [0.4, 0.5) is 0 Å². The van der Waals surface area contributed by atoms with Crippen LogP contribution < -0.4 is 10.5 Å². The van der Waals surface area contributed by atoms with Crippen LogP contribution in [0.25, 0.3) is 44.5 Å². The van der Waals surface area contributed by atoms with Gasteiger partial charge in [-0.1, -0.05) is 41.6 Å². The van der Waals surface area contributed by atoms with E-state index in [2.05, 4.69) is 33.6 Å². The Hall–Kier alpha value is -4.69. The van der Waals surface area contributed by atoms with Gasteiger partial charge in [0.1, 0.15) is 23.8 Å². The fourth-order valence-electron chi connectivity index (χ4n) is 4.75. The maximum absolute atomic E-state index is 6.37. The van der Waals surface area contributed by atoms with Gasteiger partial charge in [-0.15, -0.1) is 0 Å². The second kappa shape index (κ2) is 9.99. The van der Waals surface area contributed by atoms with Crippen molar-refractivity contribution in [2.24, 2.45) is 5.73 Å². The molecule has 8 nitrogen and oxygen atoms in total. The minimum Gasteiger partial charge on any atom is -0.490 e. The Morgan fingerprint density at radius 3 is 2.63 bits per heavy atom. The topological polar surface area (TPSA) is 116 Å². The van der Waals surface area contributed by atoms with Gasteiger partial charge in [0.15, 0.2) is 0 Å². The first kappa shape index (κ1) is 23.7. The molecule has 0 spiro atoms. The first-order valence-corrected chi connectivity index (χ1v) is 12.4. The maximum atomic E-state index is 6.37. The van der Waals surface area contributed by atoms with Crippen LogP contribution in [0.2, 0.25) is 0 Å². The van der Waals surface area contributed by atoms with E-state index < -0.39 is 0 Å². The summed E-state index contributed by atoms with van der Waals surface area (Å²) >= 11 is 0. The minimum absolute atomic E-state index is 0.144. The zero-order valence-electron chi connectivity index (χ0n) is 21.1. The van der Waals surface area contributed by atoms with Gasteiger partial charge >= 0.3 is 0 Å². The third-order valence-electron chi connectivity index (χ3n) is 6.61. The fraction of sp³-hybridized carbons (Fsp3) is 0.167. The molecule has 8 heteroatoms. The number of ether oxygens (including phenoxy) is 1. The molecule has 0 saturated heterocycles. The van der Waals surface area contributed by atoms with Crippen LogP contribution >= 0.6 is 0 Å². The summed E-state index contributed by atoms with van der Waals surface area (Å²) in [6, 6.07) is 20.1. The molecule has 190 valence electrons. The molecular weight excluding hydrogens is 478 g/mol. The van der Waals surface area contributed by atoms with Crippen LogP contribution in [0.1, 0.15) is 17.0 Å². The van der Waals surface area contributed by atoms with Crippen molar-refractivity contribution in [2.45, 2.75) is 26.3 Å². The molecule has 0 radical (unpaired) electrons. The Morgan fingerprint density at radius 1 is 1.00 bits per heavy atom. The molecular formula is C30H27N5O3. The van der Waals surface area contributed by atoms with Crippen LogP contribution in [-0.2, 0) is 6.42 Å². The zero-order valence-corrected chi connectivity index (χ0v) is 21.1. The number of hydrogen-bond donors (Lipinski definition) is 2. The molecule has 0 unspecified atom stereocenters. The second-order valence-electron chi connectivity index (χ2n) is 9.37.